The molecular formula is C30H11F7N4. The van der Waals surface area contributed by atoms with Gasteiger partial charge in [0.2, 0.25) is 0 Å². The van der Waals surface area contributed by atoms with E-state index in [-0.39, 0.29) is 33.4 Å². The molecule has 0 unspecified atom stereocenters. The molecule has 0 aliphatic rings. The third kappa shape index (κ3) is 6.82. The van der Waals surface area contributed by atoms with E-state index in [4.69, 9.17) is 10.5 Å². The fourth-order valence-electron chi connectivity index (χ4n) is 3.65. The van der Waals surface area contributed by atoms with Gasteiger partial charge in [-0.1, -0.05) is 23.7 Å². The number of hydrogen-bond donors (Lipinski definition) is 0. The largest absolute Gasteiger partial charge is 0.417 e. The van der Waals surface area contributed by atoms with Crippen molar-refractivity contribution in [3.05, 3.63) is 104 Å². The highest BCUT2D eigenvalue weighted by molar-refractivity contribution is 5.58. The van der Waals surface area contributed by atoms with E-state index in [1.54, 1.807) is 12.1 Å². The maximum Gasteiger partial charge on any atom is 0.417 e. The van der Waals surface area contributed by atoms with Crippen molar-refractivity contribution in [2.75, 3.05) is 0 Å². The first-order chi connectivity index (χ1) is 19.3. The van der Waals surface area contributed by atoms with Gasteiger partial charge in [0.05, 0.1) is 59.4 Å². The summed E-state index contributed by atoms with van der Waals surface area (Å²) < 4.78 is 95.4. The van der Waals surface area contributed by atoms with Gasteiger partial charge in [-0.05, 0) is 42.5 Å². The minimum absolute atomic E-state index is 0.149. The minimum Gasteiger partial charge on any atom is -0.206 e. The maximum atomic E-state index is 15.4. The summed E-state index contributed by atoms with van der Waals surface area (Å²) in [4.78, 5) is 0. The van der Waals surface area contributed by atoms with Gasteiger partial charge in [0, 0.05) is 33.4 Å². The average Bonchev–Trinajstić information content (AvgIpc) is 2.92. The van der Waals surface area contributed by atoms with Crippen LogP contribution in [0.25, 0.3) is 0 Å². The Morgan fingerprint density at radius 3 is 1.24 bits per heavy atom. The summed E-state index contributed by atoms with van der Waals surface area (Å²) in [6.45, 7) is 0. The van der Waals surface area contributed by atoms with E-state index in [9.17, 15) is 36.9 Å². The van der Waals surface area contributed by atoms with E-state index in [1.165, 1.54) is 18.2 Å². The molecule has 11 heteroatoms. The van der Waals surface area contributed by atoms with Gasteiger partial charge < -0.3 is 0 Å². The van der Waals surface area contributed by atoms with Crippen molar-refractivity contribution in [2.24, 2.45) is 0 Å². The van der Waals surface area contributed by atoms with Crippen LogP contribution in [-0.2, 0) is 25.2 Å². The van der Waals surface area contributed by atoms with Crippen molar-refractivity contribution in [2.45, 2.75) is 25.2 Å². The van der Waals surface area contributed by atoms with Gasteiger partial charge in [-0.2, -0.15) is 47.4 Å². The zero-order chi connectivity index (χ0) is 30.4. The summed E-state index contributed by atoms with van der Waals surface area (Å²) in [6.07, 6.45) is -10.7. The molecule has 0 heterocycles. The van der Waals surface area contributed by atoms with Gasteiger partial charge in [0.25, 0.3) is 0 Å². The molecule has 0 spiro atoms. The topological polar surface area (TPSA) is 95.2 Å². The summed E-state index contributed by atoms with van der Waals surface area (Å²) in [5, 5.41) is 36.3. The summed E-state index contributed by atoms with van der Waals surface area (Å²) in [5.41, 5.74) is -4.87. The number of benzene rings is 3. The second kappa shape index (κ2) is 12.0. The molecule has 0 saturated carbocycles. The standard InChI is InChI=1S/C30H11F7N4/c31-28-24(9-11-38)20(5-1-18-3-7-22(16-40)26(13-18)29(32,33)34)15-21(25(28)10-12-39)6-2-19-4-8-23(17-41)27(14-19)30(35,36)37/h3-4,7-8,13-15H,9-10H2. The predicted molar refractivity (Wildman–Crippen MR) is 129 cm³/mol. The second-order valence-corrected chi connectivity index (χ2v) is 8.15. The van der Waals surface area contributed by atoms with Crippen LogP contribution >= 0.6 is 0 Å². The first-order valence-corrected chi connectivity index (χ1v) is 11.2. The molecule has 4 nitrogen and oxygen atoms in total. The van der Waals surface area contributed by atoms with Crippen molar-refractivity contribution >= 4 is 0 Å². The van der Waals surface area contributed by atoms with Crippen LogP contribution in [0.3, 0.4) is 0 Å². The molecule has 41 heavy (non-hydrogen) atoms. The molecule has 0 N–H and O–H groups in total. The molecule has 0 aliphatic heterocycles. The monoisotopic (exact) mass is 560 g/mol. The molecule has 0 fully saturated rings. The maximum absolute atomic E-state index is 15.4. The van der Waals surface area contributed by atoms with Gasteiger partial charge >= 0.3 is 12.4 Å². The van der Waals surface area contributed by atoms with Crippen LogP contribution in [-0.4, -0.2) is 0 Å². The smallest absolute Gasteiger partial charge is 0.206 e. The van der Waals surface area contributed by atoms with Gasteiger partial charge in [-0.3, -0.25) is 0 Å². The quantitative estimate of drug-likeness (QED) is 0.263. The zero-order valence-corrected chi connectivity index (χ0v) is 20.4. The van der Waals surface area contributed by atoms with Crippen LogP contribution in [0.1, 0.15) is 55.6 Å². The molecule has 0 radical (unpaired) electrons. The fourth-order valence-corrected chi connectivity index (χ4v) is 3.65. The molecule has 0 amide bonds. The molecule has 0 aromatic heterocycles. The highest BCUT2D eigenvalue weighted by Gasteiger charge is 2.34. The van der Waals surface area contributed by atoms with Gasteiger partial charge in [-0.25, -0.2) is 4.39 Å². The lowest BCUT2D eigenvalue weighted by atomic mass is 9.94. The van der Waals surface area contributed by atoms with Crippen molar-refractivity contribution in [1.29, 1.82) is 21.0 Å². The van der Waals surface area contributed by atoms with E-state index in [0.29, 0.717) is 12.1 Å². The normalized spacial score (nSPS) is 10.5. The van der Waals surface area contributed by atoms with Crippen LogP contribution in [0.15, 0.2) is 42.5 Å². The lowest BCUT2D eigenvalue weighted by molar-refractivity contribution is -0.138. The average molecular weight is 560 g/mol. The van der Waals surface area contributed by atoms with Crippen LogP contribution < -0.4 is 0 Å². The molecule has 0 bridgehead atoms. The van der Waals surface area contributed by atoms with Crippen LogP contribution in [0.4, 0.5) is 30.7 Å². The molecule has 3 aromatic carbocycles. The first-order valence-electron chi connectivity index (χ1n) is 11.2. The molecule has 3 aromatic rings. The summed E-state index contributed by atoms with van der Waals surface area (Å²) in [6, 6.07) is 12.9. The van der Waals surface area contributed by atoms with Crippen molar-refractivity contribution in [1.82, 2.24) is 0 Å². The molecular weight excluding hydrogens is 549 g/mol. The van der Waals surface area contributed by atoms with Crippen molar-refractivity contribution < 1.29 is 30.7 Å². The number of rotatable bonds is 2. The van der Waals surface area contributed by atoms with Crippen LogP contribution in [0.2, 0.25) is 0 Å². The number of alkyl halides is 6. The molecule has 0 aliphatic carbocycles. The highest BCUT2D eigenvalue weighted by Crippen LogP contribution is 2.33. The third-order valence-electron chi connectivity index (χ3n) is 5.55. The first kappa shape index (κ1) is 29.8. The molecule has 0 atom stereocenters. The van der Waals surface area contributed by atoms with E-state index in [2.05, 4.69) is 23.7 Å². The van der Waals surface area contributed by atoms with E-state index in [1.807, 2.05) is 0 Å². The number of nitrogens with zero attached hydrogens (tertiary/aromatic N) is 4. The number of hydrogen-bond acceptors (Lipinski definition) is 4. The highest BCUT2D eigenvalue weighted by atomic mass is 19.4. The Morgan fingerprint density at radius 1 is 0.537 bits per heavy atom. The Balaban J connectivity index is 2.21. The zero-order valence-electron chi connectivity index (χ0n) is 20.4. The Morgan fingerprint density at radius 2 is 0.927 bits per heavy atom. The van der Waals surface area contributed by atoms with E-state index < -0.39 is 53.3 Å². The summed E-state index contributed by atoms with van der Waals surface area (Å²) >= 11 is 0. The second-order valence-electron chi connectivity index (χ2n) is 8.15. The lowest BCUT2D eigenvalue weighted by Gasteiger charge is -2.10. The van der Waals surface area contributed by atoms with Crippen LogP contribution in [0.5, 0.6) is 0 Å². The SMILES string of the molecule is N#CCc1c(C#Cc2ccc(C#N)c(C(F)(F)F)c2)cc(C#Cc2ccc(C#N)c(C(F)(F)F)c2)c(CC#N)c1F. The third-order valence-corrected chi connectivity index (χ3v) is 5.55. The fraction of sp³-hybridized carbons (Fsp3) is 0.133. The number of nitriles is 4. The van der Waals surface area contributed by atoms with E-state index >= 15 is 4.39 Å². The Labute approximate surface area is 229 Å². The molecule has 200 valence electrons. The van der Waals surface area contributed by atoms with Crippen molar-refractivity contribution in [3.8, 4) is 48.0 Å². The van der Waals surface area contributed by atoms with E-state index in [0.717, 1.165) is 24.3 Å². The van der Waals surface area contributed by atoms with Gasteiger partial charge in [0.15, 0.2) is 0 Å². The van der Waals surface area contributed by atoms with Gasteiger partial charge in [-0.15, -0.1) is 0 Å². The lowest BCUT2D eigenvalue weighted by Crippen LogP contribution is -2.08. The molecule has 3 rings (SSSR count). The molecule has 0 saturated heterocycles. The Bertz CT molecular complexity index is 1700. The predicted octanol–water partition coefficient (Wildman–Crippen LogP) is 6.54. The Hall–Kier alpha value is -5.75. The van der Waals surface area contributed by atoms with Gasteiger partial charge in [0.1, 0.15) is 5.82 Å². The Kier molecular flexibility index (Phi) is 8.70. The number of halogens is 7. The van der Waals surface area contributed by atoms with Crippen molar-refractivity contribution in [3.63, 3.8) is 0 Å². The van der Waals surface area contributed by atoms with Crippen LogP contribution in [0, 0.1) is 74.8 Å². The summed E-state index contributed by atoms with van der Waals surface area (Å²) in [7, 11) is 0. The summed E-state index contributed by atoms with van der Waals surface area (Å²) in [5.74, 6) is 8.85. The minimum atomic E-state index is -4.85.